The maximum Gasteiger partial charge on any atom is 0.144 e. The SMILES string of the molecule is OCC1(NCc2c(F)ccc(Br)c2F)CCCCC1. The standard InChI is InChI=1S/C14H18BrF2NO/c15-11-4-5-12(16)10(13(11)17)8-18-14(9-19)6-2-1-3-7-14/h4-5,18-19H,1-3,6-9H2. The molecule has 19 heavy (non-hydrogen) atoms. The highest BCUT2D eigenvalue weighted by molar-refractivity contribution is 9.10. The van der Waals surface area contributed by atoms with Crippen LogP contribution in [-0.2, 0) is 6.54 Å². The zero-order valence-corrected chi connectivity index (χ0v) is 12.3. The van der Waals surface area contributed by atoms with Gasteiger partial charge in [0, 0.05) is 17.6 Å². The van der Waals surface area contributed by atoms with Crippen LogP contribution in [0.15, 0.2) is 16.6 Å². The van der Waals surface area contributed by atoms with Crippen LogP contribution in [-0.4, -0.2) is 17.3 Å². The van der Waals surface area contributed by atoms with Gasteiger partial charge in [0.25, 0.3) is 0 Å². The molecule has 0 aliphatic heterocycles. The van der Waals surface area contributed by atoms with E-state index in [0.29, 0.717) is 0 Å². The summed E-state index contributed by atoms with van der Waals surface area (Å²) in [5.41, 5.74) is -0.368. The average molecular weight is 334 g/mol. The van der Waals surface area contributed by atoms with Crippen molar-refractivity contribution in [2.45, 2.75) is 44.2 Å². The van der Waals surface area contributed by atoms with E-state index in [-0.39, 0.29) is 28.7 Å². The van der Waals surface area contributed by atoms with Gasteiger partial charge in [0.1, 0.15) is 11.6 Å². The number of halogens is 3. The minimum atomic E-state index is -0.573. The van der Waals surface area contributed by atoms with E-state index in [1.54, 1.807) is 0 Å². The molecule has 0 bridgehead atoms. The van der Waals surface area contributed by atoms with E-state index in [1.807, 2.05) is 0 Å². The van der Waals surface area contributed by atoms with Crippen LogP contribution in [0.5, 0.6) is 0 Å². The maximum atomic E-state index is 13.9. The van der Waals surface area contributed by atoms with Crippen molar-refractivity contribution in [3.05, 3.63) is 33.8 Å². The van der Waals surface area contributed by atoms with Crippen molar-refractivity contribution in [3.63, 3.8) is 0 Å². The number of nitrogens with one attached hydrogen (secondary N) is 1. The highest BCUT2D eigenvalue weighted by Gasteiger charge is 2.31. The molecule has 1 aliphatic carbocycles. The van der Waals surface area contributed by atoms with Gasteiger partial charge in [-0.2, -0.15) is 0 Å². The first kappa shape index (κ1) is 14.9. The molecule has 5 heteroatoms. The fourth-order valence-electron chi connectivity index (χ4n) is 2.63. The first-order valence-electron chi connectivity index (χ1n) is 6.56. The van der Waals surface area contributed by atoms with E-state index >= 15 is 0 Å². The third kappa shape index (κ3) is 3.33. The molecule has 106 valence electrons. The molecule has 0 spiro atoms. The first-order valence-corrected chi connectivity index (χ1v) is 7.35. The molecule has 0 heterocycles. The monoisotopic (exact) mass is 333 g/mol. The molecular formula is C14H18BrF2NO. The lowest BCUT2D eigenvalue weighted by atomic mass is 9.82. The Hall–Kier alpha value is -0.520. The molecule has 0 aromatic heterocycles. The Kier molecular flexibility index (Phi) is 4.92. The molecule has 0 radical (unpaired) electrons. The highest BCUT2D eigenvalue weighted by atomic mass is 79.9. The topological polar surface area (TPSA) is 32.3 Å². The summed E-state index contributed by atoms with van der Waals surface area (Å²) in [5.74, 6) is -1.13. The molecular weight excluding hydrogens is 316 g/mol. The van der Waals surface area contributed by atoms with Crippen molar-refractivity contribution < 1.29 is 13.9 Å². The third-order valence-corrected chi connectivity index (χ3v) is 4.50. The fraction of sp³-hybridized carbons (Fsp3) is 0.571. The van der Waals surface area contributed by atoms with Crippen LogP contribution < -0.4 is 5.32 Å². The van der Waals surface area contributed by atoms with E-state index in [1.165, 1.54) is 12.1 Å². The lowest BCUT2D eigenvalue weighted by Crippen LogP contribution is -2.49. The van der Waals surface area contributed by atoms with E-state index in [0.717, 1.165) is 32.1 Å². The van der Waals surface area contributed by atoms with Crippen LogP contribution in [0.2, 0.25) is 0 Å². The van der Waals surface area contributed by atoms with Crippen molar-refractivity contribution in [1.82, 2.24) is 5.32 Å². The number of hydrogen-bond donors (Lipinski definition) is 2. The molecule has 0 atom stereocenters. The quantitative estimate of drug-likeness (QED) is 0.826. The molecule has 1 fully saturated rings. The van der Waals surface area contributed by atoms with E-state index in [2.05, 4.69) is 21.2 Å². The Morgan fingerprint density at radius 2 is 1.89 bits per heavy atom. The molecule has 1 aromatic rings. The summed E-state index contributed by atoms with van der Waals surface area (Å²) in [6.07, 6.45) is 4.93. The molecule has 2 rings (SSSR count). The molecule has 1 aromatic carbocycles. The Balaban J connectivity index is 2.11. The van der Waals surface area contributed by atoms with Gasteiger partial charge in [0.15, 0.2) is 0 Å². The largest absolute Gasteiger partial charge is 0.394 e. The minimum Gasteiger partial charge on any atom is -0.394 e. The summed E-state index contributed by atoms with van der Waals surface area (Å²) in [4.78, 5) is 0. The van der Waals surface area contributed by atoms with Gasteiger partial charge in [-0.15, -0.1) is 0 Å². The second kappa shape index (κ2) is 6.29. The van der Waals surface area contributed by atoms with Crippen LogP contribution in [0, 0.1) is 11.6 Å². The van der Waals surface area contributed by atoms with Gasteiger partial charge >= 0.3 is 0 Å². The summed E-state index contributed by atoms with van der Waals surface area (Å²) in [7, 11) is 0. The molecule has 0 amide bonds. The van der Waals surface area contributed by atoms with Crippen LogP contribution >= 0.6 is 15.9 Å². The molecule has 2 nitrogen and oxygen atoms in total. The lowest BCUT2D eigenvalue weighted by molar-refractivity contribution is 0.119. The van der Waals surface area contributed by atoms with Gasteiger partial charge in [-0.25, -0.2) is 8.78 Å². The zero-order chi connectivity index (χ0) is 13.9. The van der Waals surface area contributed by atoms with Crippen LogP contribution in [0.1, 0.15) is 37.7 Å². The van der Waals surface area contributed by atoms with Crippen molar-refractivity contribution in [1.29, 1.82) is 0 Å². The van der Waals surface area contributed by atoms with Gasteiger partial charge < -0.3 is 10.4 Å². The van der Waals surface area contributed by atoms with Crippen molar-refractivity contribution in [3.8, 4) is 0 Å². The number of rotatable bonds is 4. The van der Waals surface area contributed by atoms with Gasteiger partial charge in [-0.3, -0.25) is 0 Å². The Morgan fingerprint density at radius 3 is 2.53 bits per heavy atom. The summed E-state index contributed by atoms with van der Waals surface area (Å²) < 4.78 is 27.8. The smallest absolute Gasteiger partial charge is 0.144 e. The number of benzene rings is 1. The molecule has 1 aliphatic rings. The lowest BCUT2D eigenvalue weighted by Gasteiger charge is -2.36. The predicted molar refractivity (Wildman–Crippen MR) is 73.8 cm³/mol. The van der Waals surface area contributed by atoms with E-state index in [4.69, 9.17) is 0 Å². The Labute approximate surface area is 120 Å². The van der Waals surface area contributed by atoms with Crippen LogP contribution in [0.25, 0.3) is 0 Å². The van der Waals surface area contributed by atoms with Gasteiger partial charge in [0.2, 0.25) is 0 Å². The first-order chi connectivity index (χ1) is 9.08. The van der Waals surface area contributed by atoms with Gasteiger partial charge in [0.05, 0.1) is 11.1 Å². The van der Waals surface area contributed by atoms with Crippen molar-refractivity contribution in [2.75, 3.05) is 6.61 Å². The Bertz CT molecular complexity index is 447. The second-order valence-electron chi connectivity index (χ2n) is 5.17. The highest BCUT2D eigenvalue weighted by Crippen LogP contribution is 2.29. The van der Waals surface area contributed by atoms with E-state index in [9.17, 15) is 13.9 Å². The minimum absolute atomic E-state index is 0.00421. The summed E-state index contributed by atoms with van der Waals surface area (Å²) in [5, 5.41) is 12.7. The molecule has 1 saturated carbocycles. The molecule has 0 saturated heterocycles. The van der Waals surface area contributed by atoms with Gasteiger partial charge in [-0.1, -0.05) is 19.3 Å². The van der Waals surface area contributed by atoms with E-state index < -0.39 is 11.6 Å². The summed E-state index contributed by atoms with van der Waals surface area (Å²) in [6.45, 7) is 0.0991. The number of aliphatic hydroxyl groups is 1. The molecule has 0 unspecified atom stereocenters. The summed E-state index contributed by atoms with van der Waals surface area (Å²) >= 11 is 3.06. The molecule has 2 N–H and O–H groups in total. The normalized spacial score (nSPS) is 18.5. The van der Waals surface area contributed by atoms with Crippen LogP contribution in [0.4, 0.5) is 8.78 Å². The van der Waals surface area contributed by atoms with Crippen molar-refractivity contribution in [2.24, 2.45) is 0 Å². The second-order valence-corrected chi connectivity index (χ2v) is 6.03. The van der Waals surface area contributed by atoms with Gasteiger partial charge in [-0.05, 0) is 40.9 Å². The maximum absolute atomic E-state index is 13.9. The van der Waals surface area contributed by atoms with Crippen molar-refractivity contribution >= 4 is 15.9 Å². The average Bonchev–Trinajstić information content (AvgIpc) is 2.44. The summed E-state index contributed by atoms with van der Waals surface area (Å²) in [6, 6.07) is 2.60. The Morgan fingerprint density at radius 1 is 1.21 bits per heavy atom. The predicted octanol–water partition coefficient (Wildman–Crippen LogP) is 3.51. The van der Waals surface area contributed by atoms with Crippen LogP contribution in [0.3, 0.4) is 0 Å². The number of aliphatic hydroxyl groups excluding tert-OH is 1. The number of hydrogen-bond acceptors (Lipinski definition) is 2. The third-order valence-electron chi connectivity index (χ3n) is 3.89. The fourth-order valence-corrected chi connectivity index (χ4v) is 3.00. The zero-order valence-electron chi connectivity index (χ0n) is 10.7.